The Labute approximate surface area is 111 Å². The quantitative estimate of drug-likeness (QED) is 0.890. The lowest BCUT2D eigenvalue weighted by Crippen LogP contribution is -2.00. The number of hydrogen-bond acceptors (Lipinski definition) is 6. The van der Waals surface area contributed by atoms with Crippen LogP contribution < -0.4 is 15.2 Å². The standard InChI is InChI=1S/C13H16N2O4/c1-16-7-8-10(17-2)4-5-11(18-3)13(8)9-6-12(14)19-15-9/h4-6H,7,14H2,1-3H3. The van der Waals surface area contributed by atoms with Crippen LogP contribution >= 0.6 is 0 Å². The van der Waals surface area contributed by atoms with Crippen molar-refractivity contribution in [2.75, 3.05) is 27.1 Å². The highest BCUT2D eigenvalue weighted by Crippen LogP contribution is 2.38. The van der Waals surface area contributed by atoms with Gasteiger partial charge in [0.2, 0.25) is 5.88 Å². The van der Waals surface area contributed by atoms with Gasteiger partial charge in [0.25, 0.3) is 0 Å². The first kappa shape index (κ1) is 13.2. The Balaban J connectivity index is 2.66. The van der Waals surface area contributed by atoms with Crippen molar-refractivity contribution in [1.29, 1.82) is 0 Å². The van der Waals surface area contributed by atoms with Crippen LogP contribution in [0, 0.1) is 0 Å². The second-order valence-electron chi connectivity index (χ2n) is 3.87. The average Bonchev–Trinajstić information content (AvgIpc) is 2.84. The van der Waals surface area contributed by atoms with Crippen molar-refractivity contribution >= 4 is 5.88 Å². The van der Waals surface area contributed by atoms with Crippen molar-refractivity contribution in [2.45, 2.75) is 6.61 Å². The highest BCUT2D eigenvalue weighted by Gasteiger charge is 2.19. The average molecular weight is 264 g/mol. The molecular formula is C13H16N2O4. The molecule has 0 aliphatic carbocycles. The minimum Gasteiger partial charge on any atom is -0.496 e. The molecule has 0 saturated heterocycles. The summed E-state index contributed by atoms with van der Waals surface area (Å²) in [5.41, 5.74) is 7.74. The summed E-state index contributed by atoms with van der Waals surface area (Å²) >= 11 is 0. The van der Waals surface area contributed by atoms with Gasteiger partial charge in [-0.1, -0.05) is 5.16 Å². The summed E-state index contributed by atoms with van der Waals surface area (Å²) in [5.74, 6) is 1.59. The zero-order valence-corrected chi connectivity index (χ0v) is 11.1. The molecule has 0 saturated carbocycles. The minimum atomic E-state index is 0.239. The summed E-state index contributed by atoms with van der Waals surface area (Å²) in [5, 5.41) is 3.92. The molecule has 0 spiro atoms. The maximum absolute atomic E-state index is 5.57. The molecule has 0 aliphatic heterocycles. The molecule has 0 aliphatic rings. The van der Waals surface area contributed by atoms with Crippen LogP contribution in [0.15, 0.2) is 22.7 Å². The molecule has 1 heterocycles. The van der Waals surface area contributed by atoms with E-state index in [-0.39, 0.29) is 5.88 Å². The van der Waals surface area contributed by atoms with Gasteiger partial charge in [0.15, 0.2) is 0 Å². The smallest absolute Gasteiger partial charge is 0.222 e. The summed E-state index contributed by atoms with van der Waals surface area (Å²) < 4.78 is 20.8. The fourth-order valence-corrected chi connectivity index (χ4v) is 1.94. The van der Waals surface area contributed by atoms with E-state index in [4.69, 9.17) is 24.5 Å². The van der Waals surface area contributed by atoms with Crippen molar-refractivity contribution in [3.05, 3.63) is 23.8 Å². The van der Waals surface area contributed by atoms with E-state index < -0.39 is 0 Å². The number of rotatable bonds is 5. The number of benzene rings is 1. The molecule has 0 amide bonds. The minimum absolute atomic E-state index is 0.239. The maximum Gasteiger partial charge on any atom is 0.222 e. The number of hydrogen-bond donors (Lipinski definition) is 1. The Morgan fingerprint density at radius 2 is 1.84 bits per heavy atom. The number of ether oxygens (including phenoxy) is 3. The molecule has 2 aromatic rings. The fourth-order valence-electron chi connectivity index (χ4n) is 1.94. The first-order chi connectivity index (χ1) is 9.21. The molecule has 1 aromatic heterocycles. The molecule has 0 unspecified atom stereocenters. The number of nitrogens with zero attached hydrogens (tertiary/aromatic N) is 1. The van der Waals surface area contributed by atoms with E-state index in [9.17, 15) is 0 Å². The maximum atomic E-state index is 5.57. The van der Waals surface area contributed by atoms with Crippen molar-refractivity contribution in [3.8, 4) is 22.8 Å². The van der Waals surface area contributed by atoms with Gasteiger partial charge in [-0.15, -0.1) is 0 Å². The predicted molar refractivity (Wildman–Crippen MR) is 70.2 cm³/mol. The van der Waals surface area contributed by atoms with Gasteiger partial charge in [-0.25, -0.2) is 0 Å². The molecule has 6 heteroatoms. The second kappa shape index (κ2) is 5.62. The van der Waals surface area contributed by atoms with Gasteiger partial charge in [0.05, 0.1) is 26.4 Å². The SMILES string of the molecule is COCc1c(OC)ccc(OC)c1-c1cc(N)on1. The third-order valence-electron chi connectivity index (χ3n) is 2.74. The molecule has 2 N–H and O–H groups in total. The highest BCUT2D eigenvalue weighted by molar-refractivity contribution is 5.74. The van der Waals surface area contributed by atoms with Gasteiger partial charge in [-0.3, -0.25) is 0 Å². The van der Waals surface area contributed by atoms with Crippen LogP contribution in [0.1, 0.15) is 5.56 Å². The van der Waals surface area contributed by atoms with Crippen molar-refractivity contribution in [3.63, 3.8) is 0 Å². The monoisotopic (exact) mass is 264 g/mol. The summed E-state index contributed by atoms with van der Waals surface area (Å²) in [4.78, 5) is 0. The molecule has 2 rings (SSSR count). The van der Waals surface area contributed by atoms with Crippen molar-refractivity contribution in [2.24, 2.45) is 0 Å². The summed E-state index contributed by atoms with van der Waals surface area (Å²) in [7, 11) is 4.80. The van der Waals surface area contributed by atoms with Gasteiger partial charge >= 0.3 is 0 Å². The summed E-state index contributed by atoms with van der Waals surface area (Å²) in [6.45, 7) is 0.364. The van der Waals surface area contributed by atoms with E-state index in [1.807, 2.05) is 6.07 Å². The fraction of sp³-hybridized carbons (Fsp3) is 0.308. The van der Waals surface area contributed by atoms with Crippen molar-refractivity contribution in [1.82, 2.24) is 5.16 Å². The van der Waals surface area contributed by atoms with E-state index in [0.717, 1.165) is 11.1 Å². The Morgan fingerprint density at radius 1 is 1.16 bits per heavy atom. The lowest BCUT2D eigenvalue weighted by molar-refractivity contribution is 0.181. The Morgan fingerprint density at radius 3 is 2.37 bits per heavy atom. The van der Waals surface area contributed by atoms with Crippen LogP contribution in [0.3, 0.4) is 0 Å². The number of aromatic nitrogens is 1. The van der Waals surface area contributed by atoms with Gasteiger partial charge in [-0.2, -0.15) is 0 Å². The van der Waals surface area contributed by atoms with E-state index in [0.29, 0.717) is 23.8 Å². The Hall–Kier alpha value is -2.21. The molecular weight excluding hydrogens is 248 g/mol. The van der Waals surface area contributed by atoms with Crippen LogP contribution in [-0.4, -0.2) is 26.5 Å². The number of methoxy groups -OCH3 is 3. The van der Waals surface area contributed by atoms with Gasteiger partial charge in [0.1, 0.15) is 17.2 Å². The Bertz CT molecular complexity index is 566. The number of nitrogens with two attached hydrogens (primary N) is 1. The molecule has 0 radical (unpaired) electrons. The molecule has 0 atom stereocenters. The van der Waals surface area contributed by atoms with Crippen LogP contribution in [-0.2, 0) is 11.3 Å². The van der Waals surface area contributed by atoms with Crippen molar-refractivity contribution < 1.29 is 18.7 Å². The van der Waals surface area contributed by atoms with E-state index in [1.165, 1.54) is 0 Å². The third kappa shape index (κ3) is 2.48. The number of nitrogen functional groups attached to an aromatic ring is 1. The van der Waals surface area contributed by atoms with Crippen LogP contribution in [0.4, 0.5) is 5.88 Å². The normalized spacial score (nSPS) is 10.5. The molecule has 19 heavy (non-hydrogen) atoms. The summed E-state index contributed by atoms with van der Waals surface area (Å²) in [6, 6.07) is 5.26. The van der Waals surface area contributed by atoms with E-state index in [2.05, 4.69) is 5.16 Å². The summed E-state index contributed by atoms with van der Waals surface area (Å²) in [6.07, 6.45) is 0. The zero-order valence-electron chi connectivity index (χ0n) is 11.1. The topological polar surface area (TPSA) is 79.7 Å². The van der Waals surface area contributed by atoms with E-state index >= 15 is 0 Å². The van der Waals surface area contributed by atoms with Gasteiger partial charge in [-0.05, 0) is 12.1 Å². The first-order valence-corrected chi connectivity index (χ1v) is 5.66. The molecule has 1 aromatic carbocycles. The third-order valence-corrected chi connectivity index (χ3v) is 2.74. The van der Waals surface area contributed by atoms with E-state index in [1.54, 1.807) is 33.5 Å². The molecule has 0 fully saturated rings. The Kier molecular flexibility index (Phi) is 3.91. The van der Waals surface area contributed by atoms with Crippen LogP contribution in [0.25, 0.3) is 11.3 Å². The molecule has 102 valence electrons. The number of anilines is 1. The predicted octanol–water partition coefficient (Wildman–Crippen LogP) is 2.09. The highest BCUT2D eigenvalue weighted by atomic mass is 16.5. The zero-order chi connectivity index (χ0) is 13.8. The van der Waals surface area contributed by atoms with Gasteiger partial charge < -0.3 is 24.5 Å². The van der Waals surface area contributed by atoms with Gasteiger partial charge in [0, 0.05) is 18.7 Å². The van der Waals surface area contributed by atoms with Crippen LogP contribution in [0.2, 0.25) is 0 Å². The lowest BCUT2D eigenvalue weighted by atomic mass is 10.0. The molecule has 6 nitrogen and oxygen atoms in total. The first-order valence-electron chi connectivity index (χ1n) is 5.66. The molecule has 0 bridgehead atoms. The lowest BCUT2D eigenvalue weighted by Gasteiger charge is -2.15. The van der Waals surface area contributed by atoms with Crippen LogP contribution in [0.5, 0.6) is 11.5 Å². The largest absolute Gasteiger partial charge is 0.496 e. The second-order valence-corrected chi connectivity index (χ2v) is 3.87.